The number of alkyl halides is 5. The molecule has 0 aliphatic rings. The molecule has 15 heavy (non-hydrogen) atoms. The van der Waals surface area contributed by atoms with Crippen molar-refractivity contribution >= 4 is 11.6 Å². The first-order valence-electron chi connectivity index (χ1n) is 4.00. The third-order valence-electron chi connectivity index (χ3n) is 1.73. The number of ketones is 2. The van der Waals surface area contributed by atoms with Crippen LogP contribution in [0.4, 0.5) is 22.0 Å². The number of Topliss-reactive ketones (excluding diaryl/α,β-unsaturated/α-hetero) is 2. The van der Waals surface area contributed by atoms with Crippen molar-refractivity contribution in [2.24, 2.45) is 5.92 Å². The summed E-state index contributed by atoms with van der Waals surface area (Å²) >= 11 is 0. The molecule has 0 unspecified atom stereocenters. The molecule has 0 aliphatic heterocycles. The predicted molar refractivity (Wildman–Crippen MR) is 40.5 cm³/mol. The normalized spacial score (nSPS) is 13.1. The van der Waals surface area contributed by atoms with Gasteiger partial charge in [0, 0.05) is 5.92 Å². The molecule has 0 bridgehead atoms. The van der Waals surface area contributed by atoms with E-state index < -0.39 is 36.0 Å². The second-order valence-corrected chi connectivity index (χ2v) is 3.30. The van der Waals surface area contributed by atoms with Crippen LogP contribution in [0.5, 0.6) is 0 Å². The van der Waals surface area contributed by atoms with Gasteiger partial charge in [0.2, 0.25) is 11.6 Å². The van der Waals surface area contributed by atoms with Gasteiger partial charge in [0.1, 0.15) is 0 Å². The van der Waals surface area contributed by atoms with Gasteiger partial charge in [0.05, 0.1) is 6.42 Å². The number of carbonyl (C=O) groups excluding carboxylic acids is 2. The van der Waals surface area contributed by atoms with Crippen LogP contribution in [-0.4, -0.2) is 23.7 Å². The van der Waals surface area contributed by atoms with Crippen LogP contribution in [0.2, 0.25) is 0 Å². The van der Waals surface area contributed by atoms with Crippen LogP contribution < -0.4 is 0 Å². The van der Waals surface area contributed by atoms with Gasteiger partial charge in [0.25, 0.3) is 0 Å². The van der Waals surface area contributed by atoms with Gasteiger partial charge < -0.3 is 0 Å². The minimum Gasteiger partial charge on any atom is -0.292 e. The molecule has 0 aromatic heterocycles. The van der Waals surface area contributed by atoms with E-state index in [1.165, 1.54) is 0 Å². The molecule has 0 rings (SSSR count). The van der Waals surface area contributed by atoms with Gasteiger partial charge in [-0.1, -0.05) is 13.8 Å². The van der Waals surface area contributed by atoms with E-state index >= 15 is 0 Å². The molecule has 2 nitrogen and oxygen atoms in total. The monoisotopic (exact) mass is 232 g/mol. The van der Waals surface area contributed by atoms with Crippen molar-refractivity contribution in [1.29, 1.82) is 0 Å². The Morgan fingerprint density at radius 2 is 1.40 bits per heavy atom. The van der Waals surface area contributed by atoms with Crippen molar-refractivity contribution in [1.82, 2.24) is 0 Å². The second-order valence-electron chi connectivity index (χ2n) is 3.30. The van der Waals surface area contributed by atoms with Crippen LogP contribution in [0.3, 0.4) is 0 Å². The molecule has 0 heterocycles. The highest BCUT2D eigenvalue weighted by molar-refractivity contribution is 6.04. The Morgan fingerprint density at radius 1 is 1.00 bits per heavy atom. The molecule has 0 saturated heterocycles. The molecular formula is C8H9F5O2. The number of carbonyl (C=O) groups is 2. The van der Waals surface area contributed by atoms with Gasteiger partial charge in [-0.15, -0.1) is 0 Å². The highest BCUT2D eigenvalue weighted by Crippen LogP contribution is 2.28. The molecule has 0 spiro atoms. The molecular weight excluding hydrogens is 223 g/mol. The van der Waals surface area contributed by atoms with Crippen LogP contribution in [-0.2, 0) is 9.59 Å². The maximum atomic E-state index is 12.8. The van der Waals surface area contributed by atoms with E-state index in [1.807, 2.05) is 0 Å². The van der Waals surface area contributed by atoms with Gasteiger partial charge >= 0.3 is 12.1 Å². The summed E-state index contributed by atoms with van der Waals surface area (Å²) in [4.78, 5) is 21.0. The minimum atomic E-state index is -5.25. The van der Waals surface area contributed by atoms with E-state index in [-0.39, 0.29) is 0 Å². The average Bonchev–Trinajstić information content (AvgIpc) is 2.01. The lowest BCUT2D eigenvalue weighted by Crippen LogP contribution is -2.38. The van der Waals surface area contributed by atoms with Crippen molar-refractivity contribution in [2.45, 2.75) is 32.4 Å². The smallest absolute Gasteiger partial charge is 0.292 e. The largest absolute Gasteiger partial charge is 0.450 e. The minimum absolute atomic E-state index is 0.982. The number of hydrogen-bond donors (Lipinski definition) is 0. The Labute approximate surface area is 82.4 Å². The lowest BCUT2D eigenvalue weighted by molar-refractivity contribution is -0.175. The van der Waals surface area contributed by atoms with Crippen molar-refractivity contribution in [3.63, 3.8) is 0 Å². The van der Waals surface area contributed by atoms with E-state index in [0.29, 0.717) is 0 Å². The first-order chi connectivity index (χ1) is 6.49. The second kappa shape index (κ2) is 4.24. The maximum Gasteiger partial charge on any atom is 0.450 e. The molecule has 0 N–H and O–H groups in total. The van der Waals surface area contributed by atoms with Crippen molar-refractivity contribution in [3.8, 4) is 0 Å². The number of hydrogen-bond acceptors (Lipinski definition) is 2. The molecule has 0 radical (unpaired) electrons. The summed E-state index contributed by atoms with van der Waals surface area (Å²) in [5.41, 5.74) is 0. The fourth-order valence-electron chi connectivity index (χ4n) is 0.686. The van der Waals surface area contributed by atoms with E-state index in [4.69, 9.17) is 0 Å². The quantitative estimate of drug-likeness (QED) is 0.550. The summed E-state index contributed by atoms with van der Waals surface area (Å²) in [6, 6.07) is 0. The van der Waals surface area contributed by atoms with Gasteiger partial charge in [-0.3, -0.25) is 9.59 Å². The van der Waals surface area contributed by atoms with Gasteiger partial charge in [-0.05, 0) is 0 Å². The van der Waals surface area contributed by atoms with Gasteiger partial charge in [-0.25, -0.2) is 0 Å². The highest BCUT2D eigenvalue weighted by Gasteiger charge is 2.47. The third kappa shape index (κ3) is 3.56. The Hall–Kier alpha value is -1.01. The number of rotatable bonds is 4. The molecule has 0 aromatic carbocycles. The van der Waals surface area contributed by atoms with Crippen LogP contribution in [0.15, 0.2) is 0 Å². The van der Waals surface area contributed by atoms with E-state index in [2.05, 4.69) is 0 Å². The van der Waals surface area contributed by atoms with E-state index in [9.17, 15) is 31.5 Å². The summed E-state index contributed by atoms with van der Waals surface area (Å²) < 4.78 is 60.6. The topological polar surface area (TPSA) is 34.1 Å². The Balaban J connectivity index is 4.59. The molecule has 0 saturated carbocycles. The number of halogens is 5. The fraction of sp³-hybridized carbons (Fsp3) is 0.750. The maximum absolute atomic E-state index is 12.8. The summed E-state index contributed by atoms with van der Waals surface area (Å²) in [6.45, 7) is 1.96. The molecule has 0 amide bonds. The fourth-order valence-corrected chi connectivity index (χ4v) is 0.686. The Bertz CT molecular complexity index is 267. The van der Waals surface area contributed by atoms with E-state index in [0.717, 1.165) is 13.8 Å². The molecule has 0 atom stereocenters. The predicted octanol–water partition coefficient (Wildman–Crippen LogP) is 2.37. The standard InChI is InChI=1S/C8H9F5O2/c1-4(2)7(9,10)5(14)3-6(15)8(11,12)13/h4H,3H2,1-2H3. The van der Waals surface area contributed by atoms with Crippen LogP contribution >= 0.6 is 0 Å². The Kier molecular flexibility index (Phi) is 3.95. The van der Waals surface area contributed by atoms with Crippen LogP contribution in [0.1, 0.15) is 20.3 Å². The molecule has 88 valence electrons. The molecule has 0 fully saturated rings. The average molecular weight is 232 g/mol. The van der Waals surface area contributed by atoms with Gasteiger partial charge in [-0.2, -0.15) is 22.0 Å². The zero-order valence-corrected chi connectivity index (χ0v) is 7.99. The zero-order chi connectivity index (χ0) is 12.4. The SMILES string of the molecule is CC(C)C(F)(F)C(=O)CC(=O)C(F)(F)F. The van der Waals surface area contributed by atoms with Crippen molar-refractivity contribution in [3.05, 3.63) is 0 Å². The summed E-state index contributed by atoms with van der Waals surface area (Å²) in [6.07, 6.45) is -7.06. The van der Waals surface area contributed by atoms with Crippen molar-refractivity contribution in [2.75, 3.05) is 0 Å². The highest BCUT2D eigenvalue weighted by atomic mass is 19.4. The summed E-state index contributed by atoms with van der Waals surface area (Å²) in [7, 11) is 0. The lowest BCUT2D eigenvalue weighted by Gasteiger charge is -2.18. The Morgan fingerprint density at radius 3 is 1.67 bits per heavy atom. The van der Waals surface area contributed by atoms with E-state index in [1.54, 1.807) is 0 Å². The summed E-state index contributed by atoms with van der Waals surface area (Å²) in [5.74, 6) is -9.79. The zero-order valence-electron chi connectivity index (χ0n) is 7.99. The van der Waals surface area contributed by atoms with Crippen LogP contribution in [0, 0.1) is 5.92 Å². The van der Waals surface area contributed by atoms with Crippen molar-refractivity contribution < 1.29 is 31.5 Å². The molecule has 7 heteroatoms. The van der Waals surface area contributed by atoms with Crippen LogP contribution in [0.25, 0.3) is 0 Å². The first kappa shape index (κ1) is 14.0. The van der Waals surface area contributed by atoms with Gasteiger partial charge in [0.15, 0.2) is 0 Å². The lowest BCUT2D eigenvalue weighted by atomic mass is 9.98. The molecule has 0 aromatic rings. The summed E-state index contributed by atoms with van der Waals surface area (Å²) in [5, 5.41) is 0. The third-order valence-corrected chi connectivity index (χ3v) is 1.73. The first-order valence-corrected chi connectivity index (χ1v) is 4.00. The molecule has 0 aliphatic carbocycles.